The summed E-state index contributed by atoms with van der Waals surface area (Å²) in [5.74, 6) is -2.20. The van der Waals surface area contributed by atoms with Gasteiger partial charge in [-0.2, -0.15) is 0 Å². The molecule has 8 heteroatoms. The number of likely N-dealkylation sites (N-methyl/N-ethyl adjacent to an activating group) is 1. The first kappa shape index (κ1) is 16.7. The molecule has 2 atom stereocenters. The van der Waals surface area contributed by atoms with Gasteiger partial charge in [0, 0.05) is 13.1 Å². The third kappa shape index (κ3) is 3.37. The smallest absolute Gasteiger partial charge is 0.317 e. The third-order valence-electron chi connectivity index (χ3n) is 3.68. The number of hydrogen-bond donors (Lipinski definition) is 2. The van der Waals surface area contributed by atoms with E-state index in [0.29, 0.717) is 0 Å². The Kier molecular flexibility index (Phi) is 5.00. The van der Waals surface area contributed by atoms with Crippen LogP contribution in [0.4, 0.5) is 4.39 Å². The van der Waals surface area contributed by atoms with Gasteiger partial charge in [-0.05, 0) is 19.2 Å². The number of rotatable bonds is 4. The lowest BCUT2D eigenvalue weighted by molar-refractivity contribution is -0.138. The van der Waals surface area contributed by atoms with Crippen molar-refractivity contribution < 1.29 is 24.2 Å². The number of carbonyl (C=O) groups is 2. The fraction of sp³-hybridized carbons (Fsp3) is 0.429. The summed E-state index contributed by atoms with van der Waals surface area (Å²) in [6, 6.07) is 3.46. The van der Waals surface area contributed by atoms with Gasteiger partial charge in [0.2, 0.25) is 0 Å². The molecule has 0 aromatic heterocycles. The summed E-state index contributed by atoms with van der Waals surface area (Å²) in [7, 11) is 1.56. The number of β-amino-alcohol motifs (C(OH)–C–C–N with tert-alkyl or cyclic N) is 1. The van der Waals surface area contributed by atoms with Crippen molar-refractivity contribution in [2.24, 2.45) is 0 Å². The van der Waals surface area contributed by atoms with Crippen LogP contribution in [0.15, 0.2) is 18.2 Å². The van der Waals surface area contributed by atoms with E-state index < -0.39 is 29.8 Å². The molecular weight excluding hydrogens is 315 g/mol. The summed E-state index contributed by atoms with van der Waals surface area (Å²) in [4.78, 5) is 25.9. The minimum atomic E-state index is -1.02. The summed E-state index contributed by atoms with van der Waals surface area (Å²) >= 11 is 5.80. The third-order valence-corrected chi connectivity index (χ3v) is 4.06. The van der Waals surface area contributed by atoms with Crippen LogP contribution < -0.4 is 0 Å². The zero-order valence-corrected chi connectivity index (χ0v) is 12.6. The molecule has 1 heterocycles. The molecule has 1 amide bonds. The van der Waals surface area contributed by atoms with Crippen LogP contribution >= 0.6 is 11.6 Å². The standard InChI is InChI=1S/C14H16ClFN2O4/c1-17(7-12(20)21)10-5-18(6-11(10)19)14(22)8-3-2-4-9(16)13(8)15/h2-4,10-11,19H,5-7H2,1H3,(H,20,21)/t10?,11-/m1/s1. The molecule has 0 radical (unpaired) electrons. The molecule has 1 fully saturated rings. The molecule has 2 rings (SSSR count). The Bertz CT molecular complexity index is 598. The zero-order chi connectivity index (χ0) is 16.4. The van der Waals surface area contributed by atoms with Gasteiger partial charge in [0.05, 0.1) is 29.3 Å². The molecule has 0 aliphatic carbocycles. The summed E-state index contributed by atoms with van der Waals surface area (Å²) in [5, 5.41) is 18.6. The molecule has 120 valence electrons. The predicted molar refractivity (Wildman–Crippen MR) is 77.4 cm³/mol. The van der Waals surface area contributed by atoms with Crippen molar-refractivity contribution in [3.8, 4) is 0 Å². The number of aliphatic carboxylic acids is 1. The number of nitrogens with zero attached hydrogens (tertiary/aromatic N) is 2. The van der Waals surface area contributed by atoms with Crippen LogP contribution in [0.1, 0.15) is 10.4 Å². The van der Waals surface area contributed by atoms with E-state index in [1.54, 1.807) is 7.05 Å². The molecule has 2 N–H and O–H groups in total. The highest BCUT2D eigenvalue weighted by molar-refractivity contribution is 6.34. The number of likely N-dealkylation sites (tertiary alicyclic amines) is 1. The number of amides is 1. The van der Waals surface area contributed by atoms with Gasteiger partial charge in [0.15, 0.2) is 0 Å². The van der Waals surface area contributed by atoms with E-state index in [1.165, 1.54) is 21.9 Å². The average molecular weight is 331 g/mol. The first-order valence-electron chi connectivity index (χ1n) is 6.64. The van der Waals surface area contributed by atoms with E-state index in [9.17, 15) is 19.1 Å². The number of carboxylic acid groups (broad SMARTS) is 1. The van der Waals surface area contributed by atoms with Gasteiger partial charge in [-0.3, -0.25) is 14.5 Å². The predicted octanol–water partition coefficient (Wildman–Crippen LogP) is 0.681. The molecule has 6 nitrogen and oxygen atoms in total. The van der Waals surface area contributed by atoms with Crippen molar-refractivity contribution >= 4 is 23.5 Å². The van der Waals surface area contributed by atoms with Crippen LogP contribution in [0.25, 0.3) is 0 Å². The topological polar surface area (TPSA) is 81.1 Å². The summed E-state index contributed by atoms with van der Waals surface area (Å²) in [6.45, 7) is -0.0542. The maximum Gasteiger partial charge on any atom is 0.317 e. The molecule has 0 bridgehead atoms. The number of aliphatic hydroxyl groups excluding tert-OH is 1. The Morgan fingerprint density at radius 2 is 2.14 bits per heavy atom. The maximum absolute atomic E-state index is 13.4. The van der Waals surface area contributed by atoms with E-state index in [2.05, 4.69) is 0 Å². The van der Waals surface area contributed by atoms with E-state index in [0.717, 1.165) is 6.07 Å². The summed E-state index contributed by atoms with van der Waals surface area (Å²) in [6.07, 6.45) is -0.874. The fourth-order valence-electron chi connectivity index (χ4n) is 2.54. The van der Waals surface area contributed by atoms with E-state index in [4.69, 9.17) is 16.7 Å². The molecule has 1 saturated heterocycles. The van der Waals surface area contributed by atoms with Crippen molar-refractivity contribution in [3.63, 3.8) is 0 Å². The lowest BCUT2D eigenvalue weighted by Crippen LogP contribution is -2.43. The van der Waals surface area contributed by atoms with Crippen molar-refractivity contribution in [1.82, 2.24) is 9.80 Å². The van der Waals surface area contributed by atoms with Gasteiger partial charge in [-0.15, -0.1) is 0 Å². The SMILES string of the molecule is CN(CC(=O)O)C1CN(C(=O)c2cccc(F)c2Cl)C[C@H]1O. The molecule has 1 aromatic rings. The normalized spacial score (nSPS) is 21.4. The highest BCUT2D eigenvalue weighted by atomic mass is 35.5. The highest BCUT2D eigenvalue weighted by Gasteiger charge is 2.37. The molecule has 1 aliphatic heterocycles. The van der Waals surface area contributed by atoms with Crippen molar-refractivity contribution in [1.29, 1.82) is 0 Å². The second kappa shape index (κ2) is 6.60. The number of hydrogen-bond acceptors (Lipinski definition) is 4. The quantitative estimate of drug-likeness (QED) is 0.848. The molecule has 0 spiro atoms. The number of carbonyl (C=O) groups excluding carboxylic acids is 1. The van der Waals surface area contributed by atoms with E-state index in [-0.39, 0.29) is 30.2 Å². The minimum Gasteiger partial charge on any atom is -0.480 e. The van der Waals surface area contributed by atoms with Gasteiger partial charge in [0.25, 0.3) is 5.91 Å². The molecule has 22 heavy (non-hydrogen) atoms. The van der Waals surface area contributed by atoms with Gasteiger partial charge >= 0.3 is 5.97 Å². The maximum atomic E-state index is 13.4. The number of aliphatic hydroxyl groups is 1. The highest BCUT2D eigenvalue weighted by Crippen LogP contribution is 2.24. The van der Waals surface area contributed by atoms with Gasteiger partial charge in [-0.25, -0.2) is 4.39 Å². The van der Waals surface area contributed by atoms with Crippen LogP contribution in [0.3, 0.4) is 0 Å². The Hall–Kier alpha value is -1.70. The molecular formula is C14H16ClFN2O4. The molecule has 1 unspecified atom stereocenters. The summed E-state index contributed by atoms with van der Waals surface area (Å²) in [5.41, 5.74) is 0.0235. The van der Waals surface area contributed by atoms with Gasteiger partial charge in [0.1, 0.15) is 5.82 Å². The largest absolute Gasteiger partial charge is 0.480 e. The zero-order valence-electron chi connectivity index (χ0n) is 11.9. The lowest BCUT2D eigenvalue weighted by atomic mass is 10.2. The number of halogens is 2. The van der Waals surface area contributed by atoms with Crippen LogP contribution in [0, 0.1) is 5.82 Å². The average Bonchev–Trinajstić information content (AvgIpc) is 2.82. The van der Waals surface area contributed by atoms with Gasteiger partial charge < -0.3 is 15.1 Å². The summed E-state index contributed by atoms with van der Waals surface area (Å²) < 4.78 is 13.4. The molecule has 1 aromatic carbocycles. The van der Waals surface area contributed by atoms with Crippen LogP contribution in [0.2, 0.25) is 5.02 Å². The van der Waals surface area contributed by atoms with Crippen LogP contribution in [0.5, 0.6) is 0 Å². The van der Waals surface area contributed by atoms with Gasteiger partial charge in [-0.1, -0.05) is 17.7 Å². The van der Waals surface area contributed by atoms with Crippen LogP contribution in [-0.4, -0.2) is 70.7 Å². The molecule has 1 aliphatic rings. The monoisotopic (exact) mass is 330 g/mol. The lowest BCUT2D eigenvalue weighted by Gasteiger charge is -2.24. The number of carboxylic acids is 1. The fourth-order valence-corrected chi connectivity index (χ4v) is 2.75. The second-order valence-electron chi connectivity index (χ2n) is 5.26. The van der Waals surface area contributed by atoms with Crippen molar-refractivity contribution in [2.45, 2.75) is 12.1 Å². The Labute approximate surface area is 131 Å². The van der Waals surface area contributed by atoms with Crippen molar-refractivity contribution in [3.05, 3.63) is 34.6 Å². The number of benzene rings is 1. The molecule has 0 saturated carbocycles. The minimum absolute atomic E-state index is 0.0235. The Morgan fingerprint density at radius 3 is 2.77 bits per heavy atom. The second-order valence-corrected chi connectivity index (χ2v) is 5.63. The van der Waals surface area contributed by atoms with Crippen LogP contribution in [-0.2, 0) is 4.79 Å². The first-order chi connectivity index (χ1) is 10.3. The van der Waals surface area contributed by atoms with E-state index >= 15 is 0 Å². The Morgan fingerprint density at radius 1 is 1.45 bits per heavy atom. The van der Waals surface area contributed by atoms with E-state index in [1.807, 2.05) is 0 Å². The first-order valence-corrected chi connectivity index (χ1v) is 7.02. The van der Waals surface area contributed by atoms with Crippen molar-refractivity contribution in [2.75, 3.05) is 26.7 Å². The Balaban J connectivity index is 2.13.